The molecule has 0 spiro atoms. The van der Waals surface area contributed by atoms with Crippen molar-refractivity contribution in [2.45, 2.75) is 19.4 Å². The minimum absolute atomic E-state index is 0.00257. The van der Waals surface area contributed by atoms with Crippen molar-refractivity contribution in [2.75, 3.05) is 29.6 Å². The van der Waals surface area contributed by atoms with Gasteiger partial charge in [0.1, 0.15) is 5.82 Å². The number of anilines is 3. The monoisotopic (exact) mass is 339 g/mol. The van der Waals surface area contributed by atoms with Gasteiger partial charge in [0, 0.05) is 44.6 Å². The smallest absolute Gasteiger partial charge is 0.319 e. The molecule has 3 N–H and O–H groups in total. The Morgan fingerprint density at radius 1 is 1.24 bits per heavy atom. The van der Waals surface area contributed by atoms with Gasteiger partial charge in [-0.05, 0) is 35.7 Å². The second kappa shape index (κ2) is 7.21. The van der Waals surface area contributed by atoms with E-state index in [9.17, 15) is 9.59 Å². The maximum absolute atomic E-state index is 12.1. The van der Waals surface area contributed by atoms with E-state index >= 15 is 0 Å². The van der Waals surface area contributed by atoms with Gasteiger partial charge in [-0.25, -0.2) is 9.78 Å². The van der Waals surface area contributed by atoms with E-state index in [4.69, 9.17) is 0 Å². The highest BCUT2D eigenvalue weighted by atomic mass is 16.2. The number of urea groups is 1. The highest BCUT2D eigenvalue weighted by Crippen LogP contribution is 2.25. The lowest BCUT2D eigenvalue weighted by molar-refractivity contribution is -0.116. The Morgan fingerprint density at radius 2 is 2.08 bits per heavy atom. The van der Waals surface area contributed by atoms with Crippen LogP contribution in [0.25, 0.3) is 0 Å². The second-order valence-corrected chi connectivity index (χ2v) is 6.15. The van der Waals surface area contributed by atoms with E-state index in [1.54, 1.807) is 12.3 Å². The molecular weight excluding hydrogens is 318 g/mol. The number of aryl methyl sites for hydroxylation is 1. The molecule has 0 fully saturated rings. The molecule has 7 nitrogen and oxygen atoms in total. The van der Waals surface area contributed by atoms with Crippen molar-refractivity contribution in [1.82, 2.24) is 10.3 Å². The van der Waals surface area contributed by atoms with Crippen LogP contribution < -0.4 is 20.9 Å². The Labute approximate surface area is 146 Å². The molecule has 0 unspecified atom stereocenters. The number of pyridine rings is 1. The molecular formula is C18H21N5O2. The Morgan fingerprint density at radius 3 is 2.80 bits per heavy atom. The molecule has 3 amide bonds. The van der Waals surface area contributed by atoms with Crippen LogP contribution >= 0.6 is 0 Å². The Bertz CT molecular complexity index is 787. The molecule has 3 rings (SSSR count). The van der Waals surface area contributed by atoms with Gasteiger partial charge in [0.25, 0.3) is 0 Å². The zero-order valence-electron chi connectivity index (χ0n) is 14.3. The third kappa shape index (κ3) is 4.26. The van der Waals surface area contributed by atoms with Gasteiger partial charge in [-0.3, -0.25) is 4.79 Å². The van der Waals surface area contributed by atoms with E-state index in [0.717, 1.165) is 29.1 Å². The van der Waals surface area contributed by atoms with Gasteiger partial charge in [0.2, 0.25) is 5.91 Å². The number of hydrogen-bond donors (Lipinski definition) is 3. The summed E-state index contributed by atoms with van der Waals surface area (Å²) in [5.41, 5.74) is 3.40. The Kier molecular flexibility index (Phi) is 4.83. The van der Waals surface area contributed by atoms with Crippen LogP contribution in [-0.4, -0.2) is 31.0 Å². The van der Waals surface area contributed by atoms with Gasteiger partial charge in [-0.2, -0.15) is 0 Å². The lowest BCUT2D eigenvalue weighted by Crippen LogP contribution is -2.28. The first kappa shape index (κ1) is 16.8. The summed E-state index contributed by atoms with van der Waals surface area (Å²) in [5.74, 6) is 0.868. The first-order valence-electron chi connectivity index (χ1n) is 8.11. The molecule has 25 heavy (non-hydrogen) atoms. The van der Waals surface area contributed by atoms with Gasteiger partial charge in [-0.15, -0.1) is 0 Å². The normalized spacial score (nSPS) is 12.8. The van der Waals surface area contributed by atoms with Gasteiger partial charge < -0.3 is 20.9 Å². The van der Waals surface area contributed by atoms with Gasteiger partial charge in [0.15, 0.2) is 0 Å². The lowest BCUT2D eigenvalue weighted by atomic mass is 10.0. The minimum atomic E-state index is -0.307. The predicted molar refractivity (Wildman–Crippen MR) is 97.8 cm³/mol. The highest BCUT2D eigenvalue weighted by Gasteiger charge is 2.15. The fraction of sp³-hybridized carbons (Fsp3) is 0.278. The summed E-state index contributed by atoms with van der Waals surface area (Å²) in [7, 11) is 3.85. The molecule has 130 valence electrons. The fourth-order valence-corrected chi connectivity index (χ4v) is 2.59. The standard InChI is InChI=1S/C18H21N5O2/c1-23(2)16-7-3-12(10-19-16)11-20-18(25)21-14-6-4-13-5-8-17(24)22-15(13)9-14/h3-4,6-7,9-10H,5,8,11H2,1-2H3,(H,22,24)(H2,20,21,25). The van der Waals surface area contributed by atoms with Crippen LogP contribution in [0.2, 0.25) is 0 Å². The number of hydrogen-bond acceptors (Lipinski definition) is 4. The van der Waals surface area contributed by atoms with Gasteiger partial charge >= 0.3 is 6.03 Å². The molecule has 0 bridgehead atoms. The summed E-state index contributed by atoms with van der Waals surface area (Å²) in [6.45, 7) is 0.383. The minimum Gasteiger partial charge on any atom is -0.363 e. The number of nitrogens with zero attached hydrogens (tertiary/aromatic N) is 2. The SMILES string of the molecule is CN(C)c1ccc(CNC(=O)Nc2ccc3c(c2)NC(=O)CC3)cn1. The highest BCUT2D eigenvalue weighted by molar-refractivity contribution is 5.96. The molecule has 0 aliphatic carbocycles. The predicted octanol–water partition coefficient (Wildman–Crippen LogP) is 2.35. The average molecular weight is 339 g/mol. The molecule has 1 aliphatic heterocycles. The summed E-state index contributed by atoms with van der Waals surface area (Å²) in [6.07, 6.45) is 2.97. The van der Waals surface area contributed by atoms with E-state index in [1.165, 1.54) is 0 Å². The number of nitrogens with one attached hydrogen (secondary N) is 3. The molecule has 1 aromatic carbocycles. The van der Waals surface area contributed by atoms with E-state index in [0.29, 0.717) is 18.7 Å². The maximum Gasteiger partial charge on any atom is 0.319 e. The Hall–Kier alpha value is -3.09. The molecule has 2 aromatic rings. The zero-order chi connectivity index (χ0) is 17.8. The number of aromatic nitrogens is 1. The van der Waals surface area contributed by atoms with Crippen LogP contribution in [0, 0.1) is 0 Å². The van der Waals surface area contributed by atoms with Crippen molar-refractivity contribution in [1.29, 1.82) is 0 Å². The van der Waals surface area contributed by atoms with E-state index in [2.05, 4.69) is 20.9 Å². The maximum atomic E-state index is 12.1. The van der Waals surface area contributed by atoms with Crippen molar-refractivity contribution in [3.63, 3.8) is 0 Å². The summed E-state index contributed by atoms with van der Waals surface area (Å²) >= 11 is 0. The molecule has 7 heteroatoms. The van der Waals surface area contributed by atoms with Gasteiger partial charge in [0.05, 0.1) is 0 Å². The summed E-state index contributed by atoms with van der Waals surface area (Å²) in [6, 6.07) is 9.06. The van der Waals surface area contributed by atoms with Crippen LogP contribution in [-0.2, 0) is 17.8 Å². The first-order valence-corrected chi connectivity index (χ1v) is 8.11. The quantitative estimate of drug-likeness (QED) is 0.798. The molecule has 0 saturated heterocycles. The molecule has 2 heterocycles. The topological polar surface area (TPSA) is 86.4 Å². The van der Waals surface area contributed by atoms with Crippen molar-refractivity contribution >= 4 is 29.1 Å². The third-order valence-electron chi connectivity index (χ3n) is 3.98. The summed E-state index contributed by atoms with van der Waals surface area (Å²) in [4.78, 5) is 29.7. The van der Waals surface area contributed by atoms with E-state index in [-0.39, 0.29) is 11.9 Å². The Balaban J connectivity index is 1.56. The third-order valence-corrected chi connectivity index (χ3v) is 3.98. The second-order valence-electron chi connectivity index (χ2n) is 6.15. The summed E-state index contributed by atoms with van der Waals surface area (Å²) < 4.78 is 0. The van der Waals surface area contributed by atoms with E-state index in [1.807, 2.05) is 43.3 Å². The number of benzene rings is 1. The first-order chi connectivity index (χ1) is 12.0. The molecule has 0 saturated carbocycles. The van der Waals surface area contributed by atoms with Crippen LogP contribution in [0.1, 0.15) is 17.5 Å². The van der Waals surface area contributed by atoms with Crippen LogP contribution in [0.15, 0.2) is 36.5 Å². The number of carbonyl (C=O) groups is 2. The van der Waals surface area contributed by atoms with Crippen molar-refractivity contribution in [2.24, 2.45) is 0 Å². The number of carbonyl (C=O) groups excluding carboxylic acids is 2. The van der Waals surface area contributed by atoms with E-state index < -0.39 is 0 Å². The fourth-order valence-electron chi connectivity index (χ4n) is 2.59. The van der Waals surface area contributed by atoms with Crippen molar-refractivity contribution in [3.05, 3.63) is 47.7 Å². The number of rotatable bonds is 4. The average Bonchev–Trinajstić information content (AvgIpc) is 2.60. The van der Waals surface area contributed by atoms with Crippen LogP contribution in [0.4, 0.5) is 22.0 Å². The van der Waals surface area contributed by atoms with Crippen LogP contribution in [0.3, 0.4) is 0 Å². The van der Waals surface area contributed by atoms with Crippen molar-refractivity contribution < 1.29 is 9.59 Å². The zero-order valence-corrected chi connectivity index (χ0v) is 14.3. The van der Waals surface area contributed by atoms with Gasteiger partial charge in [-0.1, -0.05) is 12.1 Å². The number of fused-ring (bicyclic) bond motifs is 1. The molecule has 1 aliphatic rings. The summed E-state index contributed by atoms with van der Waals surface area (Å²) in [5, 5.41) is 8.39. The number of amides is 3. The van der Waals surface area contributed by atoms with Crippen molar-refractivity contribution in [3.8, 4) is 0 Å². The molecule has 1 aromatic heterocycles. The largest absolute Gasteiger partial charge is 0.363 e. The van der Waals surface area contributed by atoms with Crippen LogP contribution in [0.5, 0.6) is 0 Å². The molecule has 0 radical (unpaired) electrons. The lowest BCUT2D eigenvalue weighted by Gasteiger charge is -2.18. The molecule has 0 atom stereocenters.